The van der Waals surface area contributed by atoms with Gasteiger partial charge < -0.3 is 20.4 Å². The third-order valence-electron chi connectivity index (χ3n) is 4.97. The molecular weight excluding hydrogens is 425 g/mol. The first-order chi connectivity index (χ1) is 11.6. The number of benzene rings is 1. The Morgan fingerprint density at radius 2 is 2.08 bits per heavy atom. The highest BCUT2D eigenvalue weighted by Crippen LogP contribution is 2.19. The average Bonchev–Trinajstić information content (AvgIpc) is 3.09. The molecule has 2 rings (SSSR count). The summed E-state index contributed by atoms with van der Waals surface area (Å²) in [4.78, 5) is 9.18. The predicted molar refractivity (Wildman–Crippen MR) is 119 cm³/mol. The first-order valence-corrected chi connectivity index (χ1v) is 9.11. The number of nitrogens with zero attached hydrogens (tertiary/aromatic N) is 3. The van der Waals surface area contributed by atoms with Crippen molar-refractivity contribution in [1.29, 1.82) is 0 Å². The minimum Gasteiger partial charge on any atom is -0.369 e. The summed E-state index contributed by atoms with van der Waals surface area (Å²) in [7, 11) is 4.03. The van der Waals surface area contributed by atoms with Gasteiger partial charge in [-0.25, -0.2) is 0 Å². The van der Waals surface area contributed by atoms with Gasteiger partial charge in [0.1, 0.15) is 0 Å². The van der Waals surface area contributed by atoms with E-state index < -0.39 is 0 Å². The van der Waals surface area contributed by atoms with Crippen LogP contribution in [0.25, 0.3) is 0 Å². The molecule has 1 aliphatic heterocycles. The zero-order valence-corrected chi connectivity index (χ0v) is 18.4. The summed E-state index contributed by atoms with van der Waals surface area (Å²) in [5.41, 5.74) is 1.31. The fraction of sp³-hybridized carbons (Fsp3) is 0.632. The molecule has 5 nitrogen and oxygen atoms in total. The molecule has 0 amide bonds. The summed E-state index contributed by atoms with van der Waals surface area (Å²) in [6.07, 6.45) is 2.32. The number of likely N-dealkylation sites (N-methyl/N-ethyl adjacent to an activating group) is 1. The first-order valence-electron chi connectivity index (χ1n) is 9.11. The lowest BCUT2D eigenvalue weighted by atomic mass is 10.2. The number of guanidine groups is 1. The smallest absolute Gasteiger partial charge is 0.191 e. The van der Waals surface area contributed by atoms with E-state index in [2.05, 4.69) is 76.7 Å². The number of para-hydroxylation sites is 1. The maximum absolute atomic E-state index is 4.37. The molecular formula is C19H34IN5. The number of aliphatic imine (C=N–C) groups is 1. The molecule has 1 fully saturated rings. The van der Waals surface area contributed by atoms with Crippen molar-refractivity contribution in [3.05, 3.63) is 30.3 Å². The fourth-order valence-corrected chi connectivity index (χ4v) is 3.02. The summed E-state index contributed by atoms with van der Waals surface area (Å²) in [6, 6.07) is 11.7. The summed E-state index contributed by atoms with van der Waals surface area (Å²) >= 11 is 0. The van der Waals surface area contributed by atoms with Gasteiger partial charge in [-0.1, -0.05) is 25.1 Å². The lowest BCUT2D eigenvalue weighted by Gasteiger charge is -2.24. The molecule has 0 spiro atoms. The highest BCUT2D eigenvalue weighted by atomic mass is 127. The van der Waals surface area contributed by atoms with E-state index in [1.165, 1.54) is 12.1 Å². The van der Waals surface area contributed by atoms with Crippen LogP contribution in [0.15, 0.2) is 35.3 Å². The van der Waals surface area contributed by atoms with E-state index in [4.69, 9.17) is 0 Å². The zero-order chi connectivity index (χ0) is 17.4. The van der Waals surface area contributed by atoms with Gasteiger partial charge in [0.05, 0.1) is 0 Å². The van der Waals surface area contributed by atoms with Crippen LogP contribution in [0.3, 0.4) is 0 Å². The normalized spacial score (nSPS) is 18.8. The van der Waals surface area contributed by atoms with E-state index in [1.54, 1.807) is 0 Å². The summed E-state index contributed by atoms with van der Waals surface area (Å²) in [5, 5.41) is 7.00. The molecule has 0 radical (unpaired) electrons. The molecule has 2 N–H and O–H groups in total. The zero-order valence-electron chi connectivity index (χ0n) is 16.0. The lowest BCUT2D eigenvalue weighted by Crippen LogP contribution is -2.47. The highest BCUT2D eigenvalue weighted by Gasteiger charge is 2.23. The Balaban J connectivity index is 0.00000312. The minimum atomic E-state index is 0. The van der Waals surface area contributed by atoms with Crippen LogP contribution >= 0.6 is 24.0 Å². The molecule has 2 unspecified atom stereocenters. The maximum atomic E-state index is 4.37. The number of halogens is 1. The van der Waals surface area contributed by atoms with Crippen LogP contribution in [0.2, 0.25) is 0 Å². The molecule has 1 aliphatic rings. The van der Waals surface area contributed by atoms with Crippen molar-refractivity contribution in [2.24, 2.45) is 4.99 Å². The molecule has 6 heteroatoms. The van der Waals surface area contributed by atoms with E-state index in [9.17, 15) is 0 Å². The summed E-state index contributed by atoms with van der Waals surface area (Å²) < 4.78 is 0. The van der Waals surface area contributed by atoms with Gasteiger partial charge in [-0.3, -0.25) is 4.99 Å². The van der Waals surface area contributed by atoms with Crippen molar-refractivity contribution in [2.45, 2.75) is 38.8 Å². The predicted octanol–water partition coefficient (Wildman–Crippen LogP) is 2.78. The van der Waals surface area contributed by atoms with E-state index in [1.807, 2.05) is 7.05 Å². The van der Waals surface area contributed by atoms with Crippen LogP contribution in [0.5, 0.6) is 0 Å². The van der Waals surface area contributed by atoms with E-state index >= 15 is 0 Å². The maximum Gasteiger partial charge on any atom is 0.191 e. The van der Waals surface area contributed by atoms with Crippen LogP contribution in [-0.4, -0.2) is 63.2 Å². The SMILES string of the molecule is CCC(C)N(C)CCNC(=NC)NC1CCN(c2ccccc2)C1.I. The Labute approximate surface area is 170 Å². The third kappa shape index (κ3) is 7.01. The number of anilines is 1. The van der Waals surface area contributed by atoms with Gasteiger partial charge in [-0.15, -0.1) is 24.0 Å². The van der Waals surface area contributed by atoms with Crippen molar-refractivity contribution in [3.8, 4) is 0 Å². The molecule has 142 valence electrons. The van der Waals surface area contributed by atoms with Crippen LogP contribution in [0, 0.1) is 0 Å². The summed E-state index contributed by atoms with van der Waals surface area (Å²) in [6.45, 7) is 8.55. The highest BCUT2D eigenvalue weighted by molar-refractivity contribution is 14.0. The number of rotatable bonds is 7. The number of nitrogens with one attached hydrogen (secondary N) is 2. The van der Waals surface area contributed by atoms with Gasteiger partial charge in [-0.05, 0) is 38.9 Å². The van der Waals surface area contributed by atoms with Crippen LogP contribution in [-0.2, 0) is 0 Å². The van der Waals surface area contributed by atoms with Gasteiger partial charge >= 0.3 is 0 Å². The first kappa shape index (κ1) is 22.0. The Hall–Kier alpha value is -1.02. The third-order valence-corrected chi connectivity index (χ3v) is 4.97. The van der Waals surface area contributed by atoms with Crippen molar-refractivity contribution in [3.63, 3.8) is 0 Å². The second-order valence-electron chi connectivity index (χ2n) is 6.65. The average molecular weight is 459 g/mol. The van der Waals surface area contributed by atoms with E-state index in [0.29, 0.717) is 12.1 Å². The molecule has 1 saturated heterocycles. The Morgan fingerprint density at radius 1 is 1.36 bits per heavy atom. The van der Waals surface area contributed by atoms with Gasteiger partial charge in [0.25, 0.3) is 0 Å². The fourth-order valence-electron chi connectivity index (χ4n) is 3.02. The van der Waals surface area contributed by atoms with Crippen molar-refractivity contribution < 1.29 is 0 Å². The van der Waals surface area contributed by atoms with Crippen molar-refractivity contribution in [1.82, 2.24) is 15.5 Å². The van der Waals surface area contributed by atoms with Crippen molar-refractivity contribution >= 4 is 35.6 Å². The van der Waals surface area contributed by atoms with Crippen LogP contribution < -0.4 is 15.5 Å². The Bertz CT molecular complexity index is 508. The standard InChI is InChI=1S/C19H33N5.HI/c1-5-16(2)23(4)14-12-21-19(20-3)22-17-11-13-24(15-17)18-9-7-6-8-10-18;/h6-10,16-17H,5,11-15H2,1-4H3,(H2,20,21,22);1H. The van der Waals surface area contributed by atoms with E-state index in [-0.39, 0.29) is 24.0 Å². The molecule has 0 saturated carbocycles. The topological polar surface area (TPSA) is 42.9 Å². The van der Waals surface area contributed by atoms with Gasteiger partial charge in [0.15, 0.2) is 5.96 Å². The molecule has 2 atom stereocenters. The van der Waals surface area contributed by atoms with Crippen LogP contribution in [0.4, 0.5) is 5.69 Å². The molecule has 1 aromatic carbocycles. The number of hydrogen-bond acceptors (Lipinski definition) is 3. The molecule has 0 aliphatic carbocycles. The molecule has 0 bridgehead atoms. The van der Waals surface area contributed by atoms with Gasteiger partial charge in [0, 0.05) is 51.0 Å². The second kappa shape index (κ2) is 11.6. The van der Waals surface area contributed by atoms with Crippen LogP contribution in [0.1, 0.15) is 26.7 Å². The lowest BCUT2D eigenvalue weighted by molar-refractivity contribution is 0.255. The second-order valence-corrected chi connectivity index (χ2v) is 6.65. The Morgan fingerprint density at radius 3 is 2.72 bits per heavy atom. The largest absolute Gasteiger partial charge is 0.369 e. The molecule has 25 heavy (non-hydrogen) atoms. The Kier molecular flexibility index (Phi) is 10.2. The molecule has 1 aromatic rings. The summed E-state index contributed by atoms with van der Waals surface area (Å²) in [5.74, 6) is 0.910. The molecule has 0 aromatic heterocycles. The monoisotopic (exact) mass is 459 g/mol. The quantitative estimate of drug-likeness (QED) is 0.374. The number of hydrogen-bond donors (Lipinski definition) is 2. The van der Waals surface area contributed by atoms with Gasteiger partial charge in [-0.2, -0.15) is 0 Å². The van der Waals surface area contributed by atoms with Gasteiger partial charge in [0.2, 0.25) is 0 Å². The van der Waals surface area contributed by atoms with E-state index in [0.717, 1.165) is 38.6 Å². The minimum absolute atomic E-state index is 0. The van der Waals surface area contributed by atoms with Crippen molar-refractivity contribution in [2.75, 3.05) is 45.2 Å². The molecule has 1 heterocycles.